The van der Waals surface area contributed by atoms with Gasteiger partial charge in [0, 0.05) is 6.08 Å². The number of hydrogen-bond donors (Lipinski definition) is 0. The van der Waals surface area contributed by atoms with Gasteiger partial charge >= 0.3 is 5.97 Å². The first-order chi connectivity index (χ1) is 10.8. The van der Waals surface area contributed by atoms with Crippen LogP contribution in [0.3, 0.4) is 0 Å². The largest absolute Gasteiger partial charge is 0.460 e. The summed E-state index contributed by atoms with van der Waals surface area (Å²) in [6.45, 7) is 4.47. The van der Waals surface area contributed by atoms with Crippen LogP contribution in [0.15, 0.2) is 67.3 Å². The van der Waals surface area contributed by atoms with Crippen molar-refractivity contribution in [1.29, 1.82) is 0 Å². The maximum atomic E-state index is 10.9. The highest BCUT2D eigenvalue weighted by Gasteiger charge is 2.03. The van der Waals surface area contributed by atoms with E-state index in [1.54, 1.807) is 0 Å². The lowest BCUT2D eigenvalue weighted by atomic mass is 10.0. The second-order valence-electron chi connectivity index (χ2n) is 4.86. The monoisotopic (exact) mass is 296 g/mol. The highest BCUT2D eigenvalue weighted by molar-refractivity contribution is 5.81. The van der Waals surface area contributed by atoms with Crippen molar-refractivity contribution in [3.63, 3.8) is 0 Å². The molecule has 22 heavy (non-hydrogen) atoms. The van der Waals surface area contributed by atoms with E-state index in [4.69, 9.17) is 9.47 Å². The number of benzene rings is 2. The van der Waals surface area contributed by atoms with Crippen LogP contribution >= 0.6 is 0 Å². The molecule has 2 rings (SSSR count). The molecule has 0 aliphatic carbocycles. The van der Waals surface area contributed by atoms with Gasteiger partial charge in [0.1, 0.15) is 6.61 Å². The first-order valence-corrected chi connectivity index (χ1v) is 7.27. The predicted molar refractivity (Wildman–Crippen MR) is 86.5 cm³/mol. The molecule has 0 unspecified atom stereocenters. The molecule has 3 nitrogen and oxygen atoms in total. The number of esters is 1. The van der Waals surface area contributed by atoms with Gasteiger partial charge in [-0.05, 0) is 23.1 Å². The molecule has 2 aromatic rings. The number of carbonyl (C=O) groups is 1. The summed E-state index contributed by atoms with van der Waals surface area (Å²) >= 11 is 0. The predicted octanol–water partition coefficient (Wildman–Crippen LogP) is 3.52. The van der Waals surface area contributed by atoms with Crippen LogP contribution < -0.4 is 0 Å². The third-order valence-electron chi connectivity index (χ3n) is 3.25. The molecular weight excluding hydrogens is 276 g/mol. The van der Waals surface area contributed by atoms with Crippen molar-refractivity contribution in [2.75, 3.05) is 13.2 Å². The summed E-state index contributed by atoms with van der Waals surface area (Å²) in [4.78, 5) is 10.9. The highest BCUT2D eigenvalue weighted by atomic mass is 16.6. The molecule has 0 fully saturated rings. The molecule has 0 amide bonds. The molecule has 0 saturated carbocycles. The molecule has 0 radical (unpaired) electrons. The van der Waals surface area contributed by atoms with Crippen LogP contribution in [0.2, 0.25) is 0 Å². The summed E-state index contributed by atoms with van der Waals surface area (Å²) in [6, 6.07) is 18.6. The Morgan fingerprint density at radius 3 is 2.36 bits per heavy atom. The summed E-state index contributed by atoms with van der Waals surface area (Å²) in [5.41, 5.74) is 3.67. The molecule has 0 spiro atoms. The van der Waals surface area contributed by atoms with Gasteiger partial charge in [-0.1, -0.05) is 61.2 Å². The van der Waals surface area contributed by atoms with Gasteiger partial charge in [-0.25, -0.2) is 4.79 Å². The molecule has 0 atom stereocenters. The zero-order chi connectivity index (χ0) is 15.6. The van der Waals surface area contributed by atoms with Gasteiger partial charge in [-0.3, -0.25) is 0 Å². The standard InChI is InChI=1S/C19H20O3/c1-2-19(20)22-13-12-21-15-18-11-7-6-10-17(18)14-16-8-4-3-5-9-16/h2-11H,1,12-15H2. The summed E-state index contributed by atoms with van der Waals surface area (Å²) in [5.74, 6) is -0.423. The minimum absolute atomic E-state index is 0.242. The second-order valence-corrected chi connectivity index (χ2v) is 4.86. The molecule has 0 heterocycles. The fourth-order valence-corrected chi connectivity index (χ4v) is 2.13. The Morgan fingerprint density at radius 1 is 0.955 bits per heavy atom. The fraction of sp³-hybridized carbons (Fsp3) is 0.211. The maximum absolute atomic E-state index is 10.9. The Balaban J connectivity index is 1.86. The smallest absolute Gasteiger partial charge is 0.330 e. The van der Waals surface area contributed by atoms with E-state index in [1.165, 1.54) is 11.1 Å². The average molecular weight is 296 g/mol. The van der Waals surface area contributed by atoms with Crippen molar-refractivity contribution in [2.45, 2.75) is 13.0 Å². The number of carbonyl (C=O) groups excluding carboxylic acids is 1. The van der Waals surface area contributed by atoms with Crippen molar-refractivity contribution < 1.29 is 14.3 Å². The van der Waals surface area contributed by atoms with Crippen LogP contribution in [0.1, 0.15) is 16.7 Å². The first-order valence-electron chi connectivity index (χ1n) is 7.27. The van der Waals surface area contributed by atoms with Gasteiger partial charge in [0.2, 0.25) is 0 Å². The topological polar surface area (TPSA) is 35.5 Å². The van der Waals surface area contributed by atoms with Gasteiger partial charge in [0.15, 0.2) is 0 Å². The summed E-state index contributed by atoms with van der Waals surface area (Å²) in [5, 5.41) is 0. The summed E-state index contributed by atoms with van der Waals surface area (Å²) in [6.07, 6.45) is 2.03. The number of hydrogen-bond acceptors (Lipinski definition) is 3. The number of ether oxygens (including phenoxy) is 2. The van der Waals surface area contributed by atoms with E-state index in [1.807, 2.05) is 30.3 Å². The van der Waals surface area contributed by atoms with Gasteiger partial charge in [-0.2, -0.15) is 0 Å². The summed E-state index contributed by atoms with van der Waals surface area (Å²) in [7, 11) is 0. The normalized spacial score (nSPS) is 10.2. The van der Waals surface area contributed by atoms with Gasteiger partial charge < -0.3 is 9.47 Å². The summed E-state index contributed by atoms with van der Waals surface area (Å²) < 4.78 is 10.5. The zero-order valence-electron chi connectivity index (χ0n) is 12.5. The van der Waals surface area contributed by atoms with Crippen molar-refractivity contribution in [3.05, 3.63) is 83.9 Å². The molecule has 0 aliphatic heterocycles. The third-order valence-corrected chi connectivity index (χ3v) is 3.25. The quantitative estimate of drug-likeness (QED) is 0.425. The van der Waals surface area contributed by atoms with Crippen LogP contribution in [0.5, 0.6) is 0 Å². The molecule has 0 bridgehead atoms. The Kier molecular flexibility index (Phi) is 6.39. The van der Waals surface area contributed by atoms with Crippen LogP contribution in [-0.4, -0.2) is 19.2 Å². The van der Waals surface area contributed by atoms with E-state index in [9.17, 15) is 4.79 Å². The SMILES string of the molecule is C=CC(=O)OCCOCc1ccccc1Cc1ccccc1. The van der Waals surface area contributed by atoms with Gasteiger partial charge in [-0.15, -0.1) is 0 Å². The Labute approximate surface area is 131 Å². The van der Waals surface area contributed by atoms with Gasteiger partial charge in [0.05, 0.1) is 13.2 Å². The molecule has 2 aromatic carbocycles. The molecular formula is C19H20O3. The third kappa shape index (κ3) is 5.19. The van der Waals surface area contributed by atoms with Crippen molar-refractivity contribution >= 4 is 5.97 Å². The maximum Gasteiger partial charge on any atom is 0.330 e. The molecule has 0 aromatic heterocycles. The van der Waals surface area contributed by atoms with Crippen molar-refractivity contribution in [1.82, 2.24) is 0 Å². The van der Waals surface area contributed by atoms with Crippen LogP contribution in [0, 0.1) is 0 Å². The number of rotatable bonds is 8. The van der Waals surface area contributed by atoms with Crippen LogP contribution in [0.4, 0.5) is 0 Å². The Hall–Kier alpha value is -2.39. The van der Waals surface area contributed by atoms with E-state index < -0.39 is 5.97 Å². The molecule has 0 N–H and O–H groups in total. The molecule has 3 heteroatoms. The fourth-order valence-electron chi connectivity index (χ4n) is 2.13. The minimum atomic E-state index is -0.423. The highest BCUT2D eigenvalue weighted by Crippen LogP contribution is 2.15. The first kappa shape index (κ1) is 16.0. The minimum Gasteiger partial charge on any atom is -0.460 e. The lowest BCUT2D eigenvalue weighted by molar-refractivity contribution is -0.139. The van der Waals surface area contributed by atoms with E-state index in [0.717, 1.165) is 18.1 Å². The molecule has 114 valence electrons. The van der Waals surface area contributed by atoms with E-state index in [0.29, 0.717) is 13.2 Å². The van der Waals surface area contributed by atoms with E-state index in [-0.39, 0.29) is 6.61 Å². The molecule has 0 saturated heterocycles. The van der Waals surface area contributed by atoms with Gasteiger partial charge in [0.25, 0.3) is 0 Å². The van der Waals surface area contributed by atoms with Crippen LogP contribution in [-0.2, 0) is 27.3 Å². The average Bonchev–Trinajstić information content (AvgIpc) is 2.56. The lowest BCUT2D eigenvalue weighted by Gasteiger charge is -2.10. The Bertz CT molecular complexity index is 605. The van der Waals surface area contributed by atoms with Crippen molar-refractivity contribution in [3.8, 4) is 0 Å². The van der Waals surface area contributed by atoms with Crippen molar-refractivity contribution in [2.24, 2.45) is 0 Å². The lowest BCUT2D eigenvalue weighted by Crippen LogP contribution is -2.09. The second kappa shape index (κ2) is 8.80. The molecule has 0 aliphatic rings. The van der Waals surface area contributed by atoms with Crippen LogP contribution in [0.25, 0.3) is 0 Å². The zero-order valence-corrected chi connectivity index (χ0v) is 12.5. The van der Waals surface area contributed by atoms with E-state index in [2.05, 4.69) is 30.8 Å². The van der Waals surface area contributed by atoms with E-state index >= 15 is 0 Å². The Morgan fingerprint density at radius 2 is 1.64 bits per heavy atom.